The van der Waals surface area contributed by atoms with Crippen LogP contribution in [0.3, 0.4) is 0 Å². The minimum absolute atomic E-state index is 0.0624. The second-order valence-electron chi connectivity index (χ2n) is 26.0. The number of nitrogens with zero attached hydrogens (tertiary/aromatic N) is 6. The van der Waals surface area contributed by atoms with E-state index in [1.807, 2.05) is 42.5 Å². The van der Waals surface area contributed by atoms with Gasteiger partial charge in [-0.15, -0.1) is 0 Å². The molecule has 6 unspecified atom stereocenters. The third kappa shape index (κ3) is 28.2. The summed E-state index contributed by atoms with van der Waals surface area (Å²) in [4.78, 5) is 193. The summed E-state index contributed by atoms with van der Waals surface area (Å²) in [5.41, 5.74) is 2.10. The lowest BCUT2D eigenvalue weighted by atomic mass is 9.81. The number of fused-ring (bicyclic) bond motifs is 1. The summed E-state index contributed by atoms with van der Waals surface area (Å²) < 4.78 is 0. The number of amides is 8. The molecule has 0 spiro atoms. The molecule has 104 heavy (non-hydrogen) atoms. The van der Waals surface area contributed by atoms with Gasteiger partial charge >= 0.3 is 41.8 Å². The molecule has 5 aromatic rings. The number of H-pyrrole nitrogens is 3. The van der Waals surface area contributed by atoms with Crippen LogP contribution >= 0.6 is 0 Å². The maximum absolute atomic E-state index is 14.7. The van der Waals surface area contributed by atoms with Gasteiger partial charge in [-0.1, -0.05) is 42.5 Å². The monoisotopic (exact) mass is 1450 g/mol. The van der Waals surface area contributed by atoms with Gasteiger partial charge < -0.3 is 88.1 Å². The number of carboxylic acid groups (broad SMARTS) is 6. The molecule has 0 radical (unpaired) electrons. The largest absolute Gasteiger partial charge is 0.481 e. The number of benzene rings is 2. The van der Waals surface area contributed by atoms with Crippen LogP contribution in [0.15, 0.2) is 85.8 Å². The Morgan fingerprint density at radius 1 is 0.471 bits per heavy atom. The van der Waals surface area contributed by atoms with Crippen LogP contribution in [-0.4, -0.2) is 280 Å². The van der Waals surface area contributed by atoms with E-state index < -0.39 is 126 Å². The van der Waals surface area contributed by atoms with Crippen molar-refractivity contribution in [3.63, 3.8) is 0 Å². The number of unbranched alkanes of at least 4 members (excludes halogenated alkanes) is 1. The molecule has 2 fully saturated rings. The smallest absolute Gasteiger partial charge is 0.326 e. The zero-order valence-electron chi connectivity index (χ0n) is 57.5. The predicted molar refractivity (Wildman–Crippen MR) is 370 cm³/mol. The molecule has 0 bridgehead atoms. The van der Waals surface area contributed by atoms with Gasteiger partial charge in [-0.25, -0.2) is 24.4 Å². The average Bonchev–Trinajstić information content (AvgIpc) is 1.02. The summed E-state index contributed by atoms with van der Waals surface area (Å²) in [6.07, 6.45) is 8.46. The highest BCUT2D eigenvalue weighted by atomic mass is 16.4. The fourth-order valence-electron chi connectivity index (χ4n) is 12.4. The molecule has 17 N–H and O–H groups in total. The number of aromatic nitrogens is 5. The summed E-state index contributed by atoms with van der Waals surface area (Å²) in [6, 6.07) is 7.64. The van der Waals surface area contributed by atoms with E-state index in [0.29, 0.717) is 42.8 Å². The van der Waals surface area contributed by atoms with Crippen molar-refractivity contribution in [1.82, 2.24) is 87.1 Å². The van der Waals surface area contributed by atoms with Gasteiger partial charge in [-0.3, -0.25) is 67.5 Å². The number of imidazole rings is 2. The Labute approximate surface area is 597 Å². The molecule has 2 aliphatic rings. The molecule has 1 saturated heterocycles. The zero-order valence-corrected chi connectivity index (χ0v) is 57.5. The lowest BCUT2D eigenvalue weighted by molar-refractivity contribution is -0.141. The molecule has 4 heterocycles. The SMILES string of the molecule is O=C(O)CCC(NC(=O)NC(CCCCNC(=O)C(Cc1ccc2ccccc2c1)NC(=O)C1CCC(CNC(=O)C(Cc2c[nH]cn2)NC(=O)C(Cc2ccc[nH]2)NC(=O)C(Cc2c[nH]cn2)NC(=O)CN2CCN(CC(=O)O)CCN(CC(=O)O)CCN(CC(=O)O)CC2)CC1)C(=O)O)C(=O)O. The first kappa shape index (κ1) is 80.5. The van der Waals surface area contributed by atoms with Crippen LogP contribution in [0.5, 0.6) is 0 Å². The van der Waals surface area contributed by atoms with Gasteiger partial charge in [0.25, 0.3) is 0 Å². The number of rotatable bonds is 39. The second-order valence-corrected chi connectivity index (χ2v) is 26.0. The number of hydrogen-bond donors (Lipinski definition) is 17. The van der Waals surface area contributed by atoms with Crippen molar-refractivity contribution in [2.24, 2.45) is 11.8 Å². The summed E-state index contributed by atoms with van der Waals surface area (Å²) in [7, 11) is 0. The first-order valence-corrected chi connectivity index (χ1v) is 34.4. The Hall–Kier alpha value is -10.8. The average molecular weight is 1450 g/mol. The quantitative estimate of drug-likeness (QED) is 0.0201. The molecule has 7 rings (SSSR count). The Kier molecular flexibility index (Phi) is 32.0. The van der Waals surface area contributed by atoms with Crippen molar-refractivity contribution in [3.05, 3.63) is 108 Å². The lowest BCUT2D eigenvalue weighted by Crippen LogP contribution is -2.59. The molecule has 6 atom stereocenters. The highest BCUT2D eigenvalue weighted by Crippen LogP contribution is 2.29. The maximum Gasteiger partial charge on any atom is 0.326 e. The number of carbonyl (C=O) groups is 13. The number of urea groups is 1. The third-order valence-electron chi connectivity index (χ3n) is 18.1. The van der Waals surface area contributed by atoms with Crippen LogP contribution in [0.1, 0.15) is 80.4 Å². The fraction of sp³-hybridized carbons (Fsp3) is 0.515. The Bertz CT molecular complexity index is 3650. The molecular weight excluding hydrogens is 1360 g/mol. The minimum Gasteiger partial charge on any atom is -0.481 e. The highest BCUT2D eigenvalue weighted by molar-refractivity contribution is 5.95. The Morgan fingerprint density at radius 2 is 0.971 bits per heavy atom. The summed E-state index contributed by atoms with van der Waals surface area (Å²) in [5, 5.41) is 80.5. The van der Waals surface area contributed by atoms with Gasteiger partial charge in [0.05, 0.1) is 50.2 Å². The van der Waals surface area contributed by atoms with Crippen LogP contribution in [0.4, 0.5) is 4.79 Å². The van der Waals surface area contributed by atoms with Gasteiger partial charge in [0.1, 0.15) is 36.3 Å². The van der Waals surface area contributed by atoms with E-state index in [4.69, 9.17) is 5.11 Å². The molecule has 36 nitrogen and oxygen atoms in total. The highest BCUT2D eigenvalue weighted by Gasteiger charge is 2.35. The second kappa shape index (κ2) is 41.3. The van der Waals surface area contributed by atoms with E-state index >= 15 is 0 Å². The van der Waals surface area contributed by atoms with Crippen LogP contribution < -0.4 is 42.5 Å². The molecule has 36 heteroatoms. The van der Waals surface area contributed by atoms with E-state index in [1.54, 1.807) is 44.1 Å². The van der Waals surface area contributed by atoms with Crippen LogP contribution in [0.25, 0.3) is 10.8 Å². The molecule has 1 saturated carbocycles. The fourth-order valence-corrected chi connectivity index (χ4v) is 12.4. The predicted octanol–water partition coefficient (Wildman–Crippen LogP) is -1.42. The van der Waals surface area contributed by atoms with Crippen molar-refractivity contribution in [1.29, 1.82) is 0 Å². The molecule has 3 aromatic heterocycles. The minimum atomic E-state index is -1.58. The molecule has 8 amide bonds. The molecule has 2 aromatic carbocycles. The topological polar surface area (TPSA) is 526 Å². The van der Waals surface area contributed by atoms with E-state index in [9.17, 15) is 87.9 Å². The first-order chi connectivity index (χ1) is 49.8. The van der Waals surface area contributed by atoms with Gasteiger partial charge in [-0.2, -0.15) is 0 Å². The zero-order chi connectivity index (χ0) is 75.1. The summed E-state index contributed by atoms with van der Waals surface area (Å²) in [6.45, 7) is -0.100. The van der Waals surface area contributed by atoms with E-state index in [2.05, 4.69) is 67.5 Å². The number of nitrogens with one attached hydrogen (secondary N) is 11. The van der Waals surface area contributed by atoms with Crippen LogP contribution in [-0.2, 0) is 83.2 Å². The van der Waals surface area contributed by atoms with Crippen molar-refractivity contribution in [2.75, 3.05) is 91.6 Å². The van der Waals surface area contributed by atoms with E-state index in [-0.39, 0.29) is 148 Å². The Morgan fingerprint density at radius 3 is 1.47 bits per heavy atom. The van der Waals surface area contributed by atoms with Gasteiger partial charge in [0, 0.05) is 128 Å². The van der Waals surface area contributed by atoms with Crippen molar-refractivity contribution >= 4 is 88.1 Å². The number of aliphatic carboxylic acids is 6. The van der Waals surface area contributed by atoms with Crippen molar-refractivity contribution < 1.29 is 93.0 Å². The third-order valence-corrected chi connectivity index (χ3v) is 18.1. The molecule has 1 aliphatic heterocycles. The number of aromatic amines is 3. The van der Waals surface area contributed by atoms with Gasteiger partial charge in [0.2, 0.25) is 35.4 Å². The van der Waals surface area contributed by atoms with Gasteiger partial charge in [0.15, 0.2) is 0 Å². The van der Waals surface area contributed by atoms with E-state index in [0.717, 1.165) is 16.3 Å². The standard InChI is InChI=1S/C68H93N17O19/c86-56(36-82-20-22-83(37-58(89)90)24-26-85(39-60(93)94)27-25-84(23-21-82)38-59(91)92)76-54(32-49-35-70-41-75-49)64(98)79-55(30-47-8-5-19-71-47)65(99)78-53(31-48-34-69-40-74-48)63(97)73-33-42-10-14-45(15-11-42)61(95)77-52(29-43-12-13-44-6-1-2-7-46(44)28-43)62(96)72-18-4-3-9-50(66(100)101)80-68(104)81-51(67(102)103)16-17-57(87)88/h1-2,5-8,12-13,19,28,34-35,40-42,45,50-55,71H,3-4,9-11,14-18,20-27,29-33,36-39H2,(H,69,74)(H,70,75)(H,72,96)(H,73,97)(H,76,86)(H,77,95)(H,78,99)(H,79,98)(H,87,88)(H,89,90)(H,91,92)(H,93,94)(H,100,101)(H,102,103)(H2,80,81,104). The van der Waals surface area contributed by atoms with Crippen LogP contribution in [0, 0.1) is 11.8 Å². The van der Waals surface area contributed by atoms with Crippen molar-refractivity contribution in [2.45, 2.75) is 120 Å². The Balaban J connectivity index is 0.964. The maximum atomic E-state index is 14.7. The summed E-state index contributed by atoms with van der Waals surface area (Å²) >= 11 is 0. The lowest BCUT2D eigenvalue weighted by Gasteiger charge is -2.33. The van der Waals surface area contributed by atoms with Crippen molar-refractivity contribution in [3.8, 4) is 0 Å². The molecule has 1 aliphatic carbocycles. The normalized spacial score (nSPS) is 17.5. The summed E-state index contributed by atoms with van der Waals surface area (Å²) in [5.74, 6) is -11.8. The number of carbonyl (C=O) groups excluding carboxylic acids is 7. The first-order valence-electron chi connectivity index (χ1n) is 34.4. The van der Waals surface area contributed by atoms with Crippen LogP contribution in [0.2, 0.25) is 0 Å². The number of hydrogen-bond acceptors (Lipinski definition) is 19. The molecule has 564 valence electrons. The van der Waals surface area contributed by atoms with E-state index in [1.165, 1.54) is 18.9 Å². The van der Waals surface area contributed by atoms with Gasteiger partial charge in [-0.05, 0) is 85.8 Å². The number of carboxylic acids is 6. The molecular formula is C68H93N17O19.